The zero-order valence-corrected chi connectivity index (χ0v) is 13.0. The Morgan fingerprint density at radius 2 is 2.14 bits per heavy atom. The second kappa shape index (κ2) is 5.29. The third-order valence-electron chi connectivity index (χ3n) is 3.47. The molecule has 0 bridgehead atoms. The largest absolute Gasteiger partial charge is 0.347 e. The number of fused-ring (bicyclic) bond motifs is 1. The van der Waals surface area contributed by atoms with E-state index >= 15 is 0 Å². The first-order valence-corrected chi connectivity index (χ1v) is 7.55. The summed E-state index contributed by atoms with van der Waals surface area (Å²) in [6.07, 6.45) is 0. The van der Waals surface area contributed by atoms with E-state index in [9.17, 15) is 4.79 Å². The molecule has 21 heavy (non-hydrogen) atoms. The molecule has 108 valence electrons. The van der Waals surface area contributed by atoms with Crippen molar-refractivity contribution in [3.8, 4) is 0 Å². The van der Waals surface area contributed by atoms with Crippen LogP contribution in [0.5, 0.6) is 0 Å². The SMILES string of the molecule is Cc1nc(C(=O)NCc2ccc3c(c2)nc(C)n3C)cs1. The number of hydrogen-bond donors (Lipinski definition) is 1. The maximum Gasteiger partial charge on any atom is 0.271 e. The van der Waals surface area contributed by atoms with Crippen LogP contribution in [0.2, 0.25) is 0 Å². The minimum atomic E-state index is -0.142. The molecule has 1 N–H and O–H groups in total. The highest BCUT2D eigenvalue weighted by Crippen LogP contribution is 2.16. The van der Waals surface area contributed by atoms with Gasteiger partial charge in [0.1, 0.15) is 11.5 Å². The molecule has 6 heteroatoms. The van der Waals surface area contributed by atoms with E-state index in [-0.39, 0.29) is 5.91 Å². The number of thiazole rings is 1. The lowest BCUT2D eigenvalue weighted by atomic mass is 10.2. The van der Waals surface area contributed by atoms with Gasteiger partial charge in [0, 0.05) is 19.0 Å². The summed E-state index contributed by atoms with van der Waals surface area (Å²) < 4.78 is 2.05. The molecule has 0 saturated heterocycles. The first-order chi connectivity index (χ1) is 10.0. The highest BCUT2D eigenvalue weighted by Gasteiger charge is 2.09. The van der Waals surface area contributed by atoms with E-state index < -0.39 is 0 Å². The van der Waals surface area contributed by atoms with Crippen molar-refractivity contribution in [2.75, 3.05) is 0 Å². The summed E-state index contributed by atoms with van der Waals surface area (Å²) in [6, 6.07) is 6.05. The summed E-state index contributed by atoms with van der Waals surface area (Å²) in [5.74, 6) is 0.834. The van der Waals surface area contributed by atoms with Crippen molar-refractivity contribution in [3.05, 3.63) is 45.7 Å². The van der Waals surface area contributed by atoms with Gasteiger partial charge in [-0.2, -0.15) is 0 Å². The van der Waals surface area contributed by atoms with E-state index in [1.54, 1.807) is 5.38 Å². The molecule has 2 aromatic heterocycles. The van der Waals surface area contributed by atoms with Gasteiger partial charge in [-0.3, -0.25) is 4.79 Å². The Hall–Kier alpha value is -2.21. The molecular weight excluding hydrogens is 284 g/mol. The number of benzene rings is 1. The fourth-order valence-electron chi connectivity index (χ4n) is 2.22. The van der Waals surface area contributed by atoms with Gasteiger partial charge in [-0.1, -0.05) is 6.07 Å². The second-order valence-corrected chi connectivity index (χ2v) is 6.04. The Balaban J connectivity index is 1.74. The summed E-state index contributed by atoms with van der Waals surface area (Å²) in [5.41, 5.74) is 3.55. The average Bonchev–Trinajstić information content (AvgIpc) is 3.01. The zero-order valence-electron chi connectivity index (χ0n) is 12.2. The van der Waals surface area contributed by atoms with Crippen LogP contribution in [0.1, 0.15) is 26.9 Å². The van der Waals surface area contributed by atoms with Gasteiger partial charge in [-0.05, 0) is 31.5 Å². The van der Waals surface area contributed by atoms with Crippen LogP contribution in [0.25, 0.3) is 11.0 Å². The maximum atomic E-state index is 12.0. The predicted molar refractivity (Wildman–Crippen MR) is 83.5 cm³/mol. The second-order valence-electron chi connectivity index (χ2n) is 4.98. The molecule has 0 aliphatic rings. The fraction of sp³-hybridized carbons (Fsp3) is 0.267. The van der Waals surface area contributed by atoms with Gasteiger partial charge in [0.05, 0.1) is 16.0 Å². The van der Waals surface area contributed by atoms with Gasteiger partial charge in [-0.15, -0.1) is 11.3 Å². The predicted octanol–water partition coefficient (Wildman–Crippen LogP) is 2.58. The van der Waals surface area contributed by atoms with Crippen LogP contribution in [-0.2, 0) is 13.6 Å². The highest BCUT2D eigenvalue weighted by atomic mass is 32.1. The molecule has 1 aromatic carbocycles. The number of amides is 1. The molecule has 0 aliphatic carbocycles. The lowest BCUT2D eigenvalue weighted by molar-refractivity contribution is 0.0946. The van der Waals surface area contributed by atoms with Crippen molar-refractivity contribution in [1.82, 2.24) is 19.9 Å². The lowest BCUT2D eigenvalue weighted by Gasteiger charge is -2.04. The maximum absolute atomic E-state index is 12.0. The molecule has 1 amide bonds. The number of hydrogen-bond acceptors (Lipinski definition) is 4. The number of aromatic nitrogens is 3. The summed E-state index contributed by atoms with van der Waals surface area (Å²) in [4.78, 5) is 20.6. The van der Waals surface area contributed by atoms with Gasteiger partial charge in [0.25, 0.3) is 5.91 Å². The first kappa shape index (κ1) is 13.8. The van der Waals surface area contributed by atoms with Crippen LogP contribution in [-0.4, -0.2) is 20.4 Å². The van der Waals surface area contributed by atoms with Crippen LogP contribution in [0, 0.1) is 13.8 Å². The van der Waals surface area contributed by atoms with Crippen molar-refractivity contribution < 1.29 is 4.79 Å². The number of imidazole rings is 1. The number of carbonyl (C=O) groups is 1. The van der Waals surface area contributed by atoms with E-state index in [1.807, 2.05) is 39.1 Å². The first-order valence-electron chi connectivity index (χ1n) is 6.67. The van der Waals surface area contributed by atoms with Crippen LogP contribution in [0.15, 0.2) is 23.6 Å². The van der Waals surface area contributed by atoms with E-state index in [2.05, 4.69) is 19.9 Å². The molecule has 2 heterocycles. The molecule has 0 unspecified atom stereocenters. The van der Waals surface area contributed by atoms with Crippen molar-refractivity contribution >= 4 is 28.3 Å². The summed E-state index contributed by atoms with van der Waals surface area (Å²) in [6.45, 7) is 4.34. The van der Waals surface area contributed by atoms with Crippen LogP contribution < -0.4 is 5.32 Å². The normalized spacial score (nSPS) is 11.0. The third kappa shape index (κ3) is 2.67. The van der Waals surface area contributed by atoms with Gasteiger partial charge >= 0.3 is 0 Å². The van der Waals surface area contributed by atoms with E-state index in [4.69, 9.17) is 0 Å². The van der Waals surface area contributed by atoms with Gasteiger partial charge in [-0.25, -0.2) is 9.97 Å². The van der Waals surface area contributed by atoms with Crippen molar-refractivity contribution in [2.45, 2.75) is 20.4 Å². The Morgan fingerprint density at radius 1 is 1.33 bits per heavy atom. The number of rotatable bonds is 3. The Kier molecular flexibility index (Phi) is 3.47. The highest BCUT2D eigenvalue weighted by molar-refractivity contribution is 7.09. The number of nitrogens with one attached hydrogen (secondary N) is 1. The molecule has 3 aromatic rings. The summed E-state index contributed by atoms with van der Waals surface area (Å²) >= 11 is 1.48. The van der Waals surface area contributed by atoms with E-state index in [0.717, 1.165) is 27.4 Å². The topological polar surface area (TPSA) is 59.8 Å². The summed E-state index contributed by atoms with van der Waals surface area (Å²) in [7, 11) is 2.00. The Labute approximate surface area is 126 Å². The quantitative estimate of drug-likeness (QED) is 0.808. The van der Waals surface area contributed by atoms with Crippen molar-refractivity contribution in [1.29, 1.82) is 0 Å². The summed E-state index contributed by atoms with van der Waals surface area (Å²) in [5, 5.41) is 5.55. The lowest BCUT2D eigenvalue weighted by Crippen LogP contribution is -2.23. The molecule has 5 nitrogen and oxygen atoms in total. The van der Waals surface area contributed by atoms with Crippen LogP contribution >= 0.6 is 11.3 Å². The van der Waals surface area contributed by atoms with Crippen molar-refractivity contribution in [3.63, 3.8) is 0 Å². The molecule has 0 spiro atoms. The molecule has 3 rings (SSSR count). The third-order valence-corrected chi connectivity index (χ3v) is 4.25. The Bertz CT molecular complexity index is 818. The molecule has 0 radical (unpaired) electrons. The molecular formula is C15H16N4OS. The number of aryl methyl sites for hydroxylation is 3. The zero-order chi connectivity index (χ0) is 15.0. The monoisotopic (exact) mass is 300 g/mol. The van der Waals surface area contributed by atoms with E-state index in [0.29, 0.717) is 12.2 Å². The Morgan fingerprint density at radius 3 is 2.86 bits per heavy atom. The fourth-order valence-corrected chi connectivity index (χ4v) is 2.81. The molecule has 0 atom stereocenters. The van der Waals surface area contributed by atoms with Crippen molar-refractivity contribution in [2.24, 2.45) is 7.05 Å². The number of nitrogens with zero attached hydrogens (tertiary/aromatic N) is 3. The minimum absolute atomic E-state index is 0.142. The van der Waals surface area contributed by atoms with Crippen LogP contribution in [0.4, 0.5) is 0 Å². The number of carbonyl (C=O) groups excluding carboxylic acids is 1. The van der Waals surface area contributed by atoms with Gasteiger partial charge < -0.3 is 9.88 Å². The molecule has 0 saturated carbocycles. The standard InChI is InChI=1S/C15H16N4OS/c1-9-17-12-6-11(4-5-14(12)19(9)3)7-16-15(20)13-8-21-10(2)18-13/h4-6,8H,7H2,1-3H3,(H,16,20). The molecule has 0 aliphatic heterocycles. The molecule has 0 fully saturated rings. The average molecular weight is 300 g/mol. The minimum Gasteiger partial charge on any atom is -0.347 e. The van der Waals surface area contributed by atoms with Crippen LogP contribution in [0.3, 0.4) is 0 Å². The smallest absolute Gasteiger partial charge is 0.271 e. The van der Waals surface area contributed by atoms with E-state index in [1.165, 1.54) is 11.3 Å². The van der Waals surface area contributed by atoms with Gasteiger partial charge in [0.15, 0.2) is 0 Å². The van der Waals surface area contributed by atoms with Gasteiger partial charge in [0.2, 0.25) is 0 Å².